The first kappa shape index (κ1) is 8.02. The molecule has 10 heavy (non-hydrogen) atoms. The van der Waals surface area contributed by atoms with Crippen LogP contribution in [0.2, 0.25) is 0 Å². The molecule has 0 aromatic rings. The summed E-state index contributed by atoms with van der Waals surface area (Å²) in [5, 5.41) is 0. The zero-order valence-electron chi connectivity index (χ0n) is 6.51. The van der Waals surface area contributed by atoms with Gasteiger partial charge < -0.3 is 10.5 Å². The van der Waals surface area contributed by atoms with Gasteiger partial charge in [0.05, 0.1) is 13.2 Å². The monoisotopic (exact) mass is 143 g/mol. The second-order valence-corrected chi connectivity index (χ2v) is 3.01. The van der Waals surface area contributed by atoms with Crippen LogP contribution in [0.5, 0.6) is 0 Å². The average Bonchev–Trinajstić information content (AvgIpc) is 2.73. The molecule has 0 amide bonds. The Kier molecular flexibility index (Phi) is 3.76. The molecule has 60 valence electrons. The fraction of sp³-hybridized carbons (Fsp3) is 1.00. The predicted molar refractivity (Wildman–Crippen MR) is 41.9 cm³/mol. The summed E-state index contributed by atoms with van der Waals surface area (Å²) < 4.78 is 4.50. The standard InChI is InChI=1S/C6H13N.C2H4O/c7-6-4-2-1-3-5-6;1-2-3-1/h6H,1-5,7H2;1-2H2. The highest BCUT2D eigenvalue weighted by molar-refractivity contribution is 4.66. The van der Waals surface area contributed by atoms with Crippen molar-refractivity contribution in [3.8, 4) is 0 Å². The van der Waals surface area contributed by atoms with E-state index in [0.717, 1.165) is 13.2 Å². The molecular formula is C8H17NO. The molecule has 0 bridgehead atoms. The van der Waals surface area contributed by atoms with Crippen molar-refractivity contribution in [2.75, 3.05) is 13.2 Å². The summed E-state index contributed by atoms with van der Waals surface area (Å²) >= 11 is 0. The molecule has 2 fully saturated rings. The van der Waals surface area contributed by atoms with E-state index in [4.69, 9.17) is 5.73 Å². The van der Waals surface area contributed by atoms with Crippen molar-refractivity contribution < 1.29 is 4.74 Å². The molecule has 2 rings (SSSR count). The van der Waals surface area contributed by atoms with Crippen molar-refractivity contribution in [1.82, 2.24) is 0 Å². The molecule has 1 heterocycles. The number of hydrogen-bond acceptors (Lipinski definition) is 2. The van der Waals surface area contributed by atoms with Gasteiger partial charge in [0, 0.05) is 6.04 Å². The van der Waals surface area contributed by atoms with Crippen LogP contribution < -0.4 is 5.73 Å². The summed E-state index contributed by atoms with van der Waals surface area (Å²) in [4.78, 5) is 0. The number of epoxide rings is 1. The van der Waals surface area contributed by atoms with E-state index >= 15 is 0 Å². The van der Waals surface area contributed by atoms with Crippen LogP contribution in [0.1, 0.15) is 32.1 Å². The number of hydrogen-bond donors (Lipinski definition) is 1. The Labute approximate surface area is 62.7 Å². The van der Waals surface area contributed by atoms with E-state index in [2.05, 4.69) is 4.74 Å². The molecule has 2 nitrogen and oxygen atoms in total. The van der Waals surface area contributed by atoms with E-state index < -0.39 is 0 Å². The Balaban J connectivity index is 0.000000138. The second kappa shape index (κ2) is 4.69. The maximum absolute atomic E-state index is 5.63. The first-order valence-corrected chi connectivity index (χ1v) is 4.23. The van der Waals surface area contributed by atoms with Gasteiger partial charge in [-0.05, 0) is 12.8 Å². The van der Waals surface area contributed by atoms with Crippen molar-refractivity contribution in [1.29, 1.82) is 0 Å². The van der Waals surface area contributed by atoms with Crippen LogP contribution in [0.25, 0.3) is 0 Å². The van der Waals surface area contributed by atoms with Gasteiger partial charge in [-0.2, -0.15) is 0 Å². The van der Waals surface area contributed by atoms with Crippen molar-refractivity contribution in [2.45, 2.75) is 38.1 Å². The highest BCUT2D eigenvalue weighted by atomic mass is 16.6. The van der Waals surface area contributed by atoms with Crippen LogP contribution in [0.3, 0.4) is 0 Å². The van der Waals surface area contributed by atoms with Crippen LogP contribution in [0.4, 0.5) is 0 Å². The van der Waals surface area contributed by atoms with E-state index in [9.17, 15) is 0 Å². The van der Waals surface area contributed by atoms with Gasteiger partial charge >= 0.3 is 0 Å². The second-order valence-electron chi connectivity index (χ2n) is 3.01. The average molecular weight is 143 g/mol. The quantitative estimate of drug-likeness (QED) is 0.519. The van der Waals surface area contributed by atoms with Crippen LogP contribution >= 0.6 is 0 Å². The minimum Gasteiger partial charge on any atom is -0.377 e. The van der Waals surface area contributed by atoms with E-state index in [1.165, 1.54) is 32.1 Å². The van der Waals surface area contributed by atoms with E-state index in [0.29, 0.717) is 6.04 Å². The Morgan fingerprint density at radius 3 is 1.70 bits per heavy atom. The zero-order valence-corrected chi connectivity index (χ0v) is 6.51. The summed E-state index contributed by atoms with van der Waals surface area (Å²) in [6.07, 6.45) is 6.66. The van der Waals surface area contributed by atoms with Crippen molar-refractivity contribution >= 4 is 0 Å². The lowest BCUT2D eigenvalue weighted by atomic mass is 9.97. The molecule has 0 aromatic heterocycles. The van der Waals surface area contributed by atoms with Gasteiger partial charge in [-0.15, -0.1) is 0 Å². The van der Waals surface area contributed by atoms with E-state index in [1.54, 1.807) is 0 Å². The largest absolute Gasteiger partial charge is 0.377 e. The van der Waals surface area contributed by atoms with Gasteiger partial charge in [-0.1, -0.05) is 19.3 Å². The van der Waals surface area contributed by atoms with Gasteiger partial charge in [-0.25, -0.2) is 0 Å². The summed E-state index contributed by atoms with van der Waals surface area (Å²) in [6, 6.07) is 0.536. The summed E-state index contributed by atoms with van der Waals surface area (Å²) in [5.41, 5.74) is 5.63. The lowest BCUT2D eigenvalue weighted by molar-refractivity contribution is 0.441. The molecule has 1 aliphatic carbocycles. The van der Waals surface area contributed by atoms with Crippen LogP contribution in [0, 0.1) is 0 Å². The van der Waals surface area contributed by atoms with Crippen LogP contribution in [0.15, 0.2) is 0 Å². The van der Waals surface area contributed by atoms with Crippen molar-refractivity contribution in [3.05, 3.63) is 0 Å². The molecule has 0 aromatic carbocycles. The summed E-state index contributed by atoms with van der Waals surface area (Å²) in [5.74, 6) is 0. The summed E-state index contributed by atoms with van der Waals surface area (Å²) in [6.45, 7) is 2.00. The van der Waals surface area contributed by atoms with Gasteiger partial charge in [0.25, 0.3) is 0 Å². The third-order valence-corrected chi connectivity index (χ3v) is 1.85. The van der Waals surface area contributed by atoms with Crippen molar-refractivity contribution in [2.24, 2.45) is 5.73 Å². The third kappa shape index (κ3) is 4.77. The smallest absolute Gasteiger partial charge is 0.0701 e. The van der Waals surface area contributed by atoms with E-state index in [-0.39, 0.29) is 0 Å². The van der Waals surface area contributed by atoms with Gasteiger partial charge in [0.15, 0.2) is 0 Å². The third-order valence-electron chi connectivity index (χ3n) is 1.85. The number of rotatable bonds is 0. The van der Waals surface area contributed by atoms with E-state index in [1.807, 2.05) is 0 Å². The lowest BCUT2D eigenvalue weighted by Crippen LogP contribution is -2.22. The SMILES string of the molecule is C1CO1.NC1CCCCC1. The molecule has 1 aliphatic heterocycles. The molecule has 0 spiro atoms. The fourth-order valence-corrected chi connectivity index (χ4v) is 1.13. The minimum absolute atomic E-state index is 0.536. The maximum Gasteiger partial charge on any atom is 0.0701 e. The zero-order chi connectivity index (χ0) is 7.23. The molecule has 2 N–H and O–H groups in total. The summed E-state index contributed by atoms with van der Waals surface area (Å²) in [7, 11) is 0. The van der Waals surface area contributed by atoms with Crippen LogP contribution in [-0.4, -0.2) is 19.3 Å². The maximum atomic E-state index is 5.63. The number of ether oxygens (including phenoxy) is 1. The highest BCUT2D eigenvalue weighted by Crippen LogP contribution is 2.14. The van der Waals surface area contributed by atoms with Crippen LogP contribution in [-0.2, 0) is 4.74 Å². The Morgan fingerprint density at radius 1 is 1.00 bits per heavy atom. The first-order valence-electron chi connectivity index (χ1n) is 4.23. The molecule has 1 saturated carbocycles. The fourth-order valence-electron chi connectivity index (χ4n) is 1.13. The number of nitrogens with two attached hydrogens (primary N) is 1. The predicted octanol–water partition coefficient (Wildman–Crippen LogP) is 1.29. The Bertz CT molecular complexity index is 74.6. The molecule has 0 unspecified atom stereocenters. The molecule has 0 radical (unpaired) electrons. The van der Waals surface area contributed by atoms with Gasteiger partial charge in [0.1, 0.15) is 0 Å². The van der Waals surface area contributed by atoms with Crippen molar-refractivity contribution in [3.63, 3.8) is 0 Å². The topological polar surface area (TPSA) is 38.5 Å². The minimum atomic E-state index is 0.536. The normalized spacial score (nSPS) is 24.9. The van der Waals surface area contributed by atoms with Gasteiger partial charge in [-0.3, -0.25) is 0 Å². The molecule has 0 atom stereocenters. The lowest BCUT2D eigenvalue weighted by Gasteiger charge is -2.15. The highest BCUT2D eigenvalue weighted by Gasteiger charge is 2.06. The Morgan fingerprint density at radius 2 is 1.50 bits per heavy atom. The Hall–Kier alpha value is -0.0800. The molecule has 2 aliphatic rings. The molecule has 1 saturated heterocycles. The molecule has 2 heteroatoms. The van der Waals surface area contributed by atoms with Gasteiger partial charge in [0.2, 0.25) is 0 Å². The molecular weight excluding hydrogens is 126 g/mol. The first-order chi connectivity index (χ1) is 4.89.